The molecule has 3 atom stereocenters. The third-order valence-corrected chi connectivity index (χ3v) is 3.71. The van der Waals surface area contributed by atoms with Gasteiger partial charge in [0, 0.05) is 6.42 Å². The van der Waals surface area contributed by atoms with Crippen LogP contribution in [0.5, 0.6) is 0 Å². The number of hydrogen-bond acceptors (Lipinski definition) is 3. The van der Waals surface area contributed by atoms with E-state index in [1.54, 1.807) is 0 Å². The molecule has 4 nitrogen and oxygen atoms in total. The monoisotopic (exact) mass is 226 g/mol. The Balaban J connectivity index is 1.72. The number of carbonyl (C=O) groups excluding carboxylic acids is 1. The summed E-state index contributed by atoms with van der Waals surface area (Å²) in [6.07, 6.45) is 5.33. The fraction of sp³-hybridized carbons (Fsp3) is 0.917. The van der Waals surface area contributed by atoms with Gasteiger partial charge < -0.3 is 15.7 Å². The van der Waals surface area contributed by atoms with E-state index in [0.29, 0.717) is 12.3 Å². The molecule has 4 heteroatoms. The third kappa shape index (κ3) is 3.19. The summed E-state index contributed by atoms with van der Waals surface area (Å²) < 4.78 is 0. The second-order valence-electron chi connectivity index (χ2n) is 5.09. The molecular formula is C12H22N2O2. The van der Waals surface area contributed by atoms with Gasteiger partial charge in [-0.3, -0.25) is 4.79 Å². The second kappa shape index (κ2) is 5.64. The highest BCUT2D eigenvalue weighted by atomic mass is 16.3. The van der Waals surface area contributed by atoms with Crippen LogP contribution in [0.1, 0.15) is 38.5 Å². The summed E-state index contributed by atoms with van der Waals surface area (Å²) in [5.41, 5.74) is 0. The standard InChI is InChI=1S/C12H22N2O2/c15-11-4-2-1-3-10(11)14-12(16)7-9-5-6-13-8-9/h9-11,13,15H,1-8H2,(H,14,16)/t9?,10-,11-/m0/s1. The molecular weight excluding hydrogens is 204 g/mol. The molecule has 2 fully saturated rings. The summed E-state index contributed by atoms with van der Waals surface area (Å²) in [5, 5.41) is 16.0. The summed E-state index contributed by atoms with van der Waals surface area (Å²) in [6.45, 7) is 1.99. The van der Waals surface area contributed by atoms with Crippen LogP contribution in [0.4, 0.5) is 0 Å². The molecule has 1 heterocycles. The van der Waals surface area contributed by atoms with Crippen molar-refractivity contribution in [3.8, 4) is 0 Å². The van der Waals surface area contributed by atoms with Crippen molar-refractivity contribution in [3.05, 3.63) is 0 Å². The Bertz CT molecular complexity index is 239. The van der Waals surface area contributed by atoms with E-state index in [1.165, 1.54) is 0 Å². The molecule has 2 aliphatic rings. The normalized spacial score (nSPS) is 34.9. The molecule has 0 aromatic heterocycles. The Labute approximate surface area is 96.8 Å². The maximum absolute atomic E-state index is 11.8. The van der Waals surface area contributed by atoms with E-state index >= 15 is 0 Å². The van der Waals surface area contributed by atoms with Crippen LogP contribution in [0.15, 0.2) is 0 Å². The van der Waals surface area contributed by atoms with E-state index in [1.807, 2.05) is 0 Å². The lowest BCUT2D eigenvalue weighted by Crippen LogP contribution is -2.45. The number of carbonyl (C=O) groups is 1. The summed E-state index contributed by atoms with van der Waals surface area (Å²) in [4.78, 5) is 11.8. The lowest BCUT2D eigenvalue weighted by atomic mass is 9.92. The van der Waals surface area contributed by atoms with Crippen molar-refractivity contribution in [1.82, 2.24) is 10.6 Å². The molecule has 1 unspecified atom stereocenters. The zero-order valence-corrected chi connectivity index (χ0v) is 9.74. The highest BCUT2D eigenvalue weighted by molar-refractivity contribution is 5.76. The van der Waals surface area contributed by atoms with Gasteiger partial charge in [-0.2, -0.15) is 0 Å². The lowest BCUT2D eigenvalue weighted by Gasteiger charge is -2.28. The number of rotatable bonds is 3. The number of nitrogens with one attached hydrogen (secondary N) is 2. The molecule has 1 saturated carbocycles. The molecule has 1 aliphatic carbocycles. The highest BCUT2D eigenvalue weighted by Gasteiger charge is 2.25. The molecule has 1 aliphatic heterocycles. The first-order valence-electron chi connectivity index (χ1n) is 6.44. The predicted molar refractivity (Wildman–Crippen MR) is 62.0 cm³/mol. The first-order chi connectivity index (χ1) is 7.75. The fourth-order valence-electron chi connectivity index (χ4n) is 2.70. The Morgan fingerprint density at radius 1 is 1.31 bits per heavy atom. The quantitative estimate of drug-likeness (QED) is 0.653. The molecule has 92 valence electrons. The van der Waals surface area contributed by atoms with E-state index in [0.717, 1.165) is 45.2 Å². The first kappa shape index (κ1) is 11.9. The van der Waals surface area contributed by atoms with Gasteiger partial charge in [-0.1, -0.05) is 12.8 Å². The fourth-order valence-corrected chi connectivity index (χ4v) is 2.70. The summed E-state index contributed by atoms with van der Waals surface area (Å²) >= 11 is 0. The molecule has 1 saturated heterocycles. The Morgan fingerprint density at radius 3 is 2.81 bits per heavy atom. The summed E-state index contributed by atoms with van der Waals surface area (Å²) in [7, 11) is 0. The molecule has 3 N–H and O–H groups in total. The minimum absolute atomic E-state index is 0.00406. The van der Waals surface area contributed by atoms with Gasteiger partial charge in [0.15, 0.2) is 0 Å². The highest BCUT2D eigenvalue weighted by Crippen LogP contribution is 2.19. The van der Waals surface area contributed by atoms with Crippen molar-refractivity contribution in [2.24, 2.45) is 5.92 Å². The summed E-state index contributed by atoms with van der Waals surface area (Å²) in [5.74, 6) is 0.598. The third-order valence-electron chi connectivity index (χ3n) is 3.71. The van der Waals surface area contributed by atoms with Crippen LogP contribution in [-0.2, 0) is 4.79 Å². The molecule has 0 radical (unpaired) electrons. The minimum atomic E-state index is -0.334. The maximum atomic E-state index is 11.8. The van der Waals surface area contributed by atoms with Gasteiger partial charge in [-0.05, 0) is 38.3 Å². The topological polar surface area (TPSA) is 61.4 Å². The van der Waals surface area contributed by atoms with Gasteiger partial charge in [0.25, 0.3) is 0 Å². The largest absolute Gasteiger partial charge is 0.391 e. The smallest absolute Gasteiger partial charge is 0.220 e. The number of amides is 1. The average molecular weight is 226 g/mol. The van der Waals surface area contributed by atoms with Crippen LogP contribution in [0.2, 0.25) is 0 Å². The molecule has 0 aromatic carbocycles. The maximum Gasteiger partial charge on any atom is 0.220 e. The molecule has 0 aromatic rings. The van der Waals surface area contributed by atoms with Gasteiger partial charge in [0.1, 0.15) is 0 Å². The van der Waals surface area contributed by atoms with Gasteiger partial charge in [-0.25, -0.2) is 0 Å². The van der Waals surface area contributed by atoms with Crippen molar-refractivity contribution in [3.63, 3.8) is 0 Å². The van der Waals surface area contributed by atoms with Crippen LogP contribution in [0.3, 0.4) is 0 Å². The molecule has 1 amide bonds. The van der Waals surface area contributed by atoms with Crippen molar-refractivity contribution in [2.75, 3.05) is 13.1 Å². The van der Waals surface area contributed by atoms with Crippen molar-refractivity contribution < 1.29 is 9.90 Å². The Kier molecular flexibility index (Phi) is 4.18. The zero-order chi connectivity index (χ0) is 11.4. The van der Waals surface area contributed by atoms with Crippen LogP contribution in [-0.4, -0.2) is 36.2 Å². The predicted octanol–water partition coefficient (Wildman–Crippen LogP) is 0.406. The second-order valence-corrected chi connectivity index (χ2v) is 5.09. The minimum Gasteiger partial charge on any atom is -0.391 e. The van der Waals surface area contributed by atoms with Gasteiger partial charge in [0.05, 0.1) is 12.1 Å². The summed E-state index contributed by atoms with van der Waals surface area (Å²) in [6, 6.07) is -0.00406. The van der Waals surface area contributed by atoms with E-state index in [4.69, 9.17) is 0 Å². The number of hydrogen-bond donors (Lipinski definition) is 3. The molecule has 0 spiro atoms. The zero-order valence-electron chi connectivity index (χ0n) is 9.74. The van der Waals surface area contributed by atoms with E-state index in [9.17, 15) is 9.90 Å². The van der Waals surface area contributed by atoms with E-state index in [-0.39, 0.29) is 18.1 Å². The van der Waals surface area contributed by atoms with Crippen molar-refractivity contribution in [2.45, 2.75) is 50.7 Å². The van der Waals surface area contributed by atoms with Crippen molar-refractivity contribution in [1.29, 1.82) is 0 Å². The van der Waals surface area contributed by atoms with Crippen molar-refractivity contribution >= 4 is 5.91 Å². The van der Waals surface area contributed by atoms with Crippen LogP contribution in [0.25, 0.3) is 0 Å². The van der Waals surface area contributed by atoms with E-state index in [2.05, 4.69) is 10.6 Å². The van der Waals surface area contributed by atoms with Crippen LogP contribution < -0.4 is 10.6 Å². The van der Waals surface area contributed by atoms with Gasteiger partial charge in [0.2, 0.25) is 5.91 Å². The molecule has 0 bridgehead atoms. The lowest BCUT2D eigenvalue weighted by molar-refractivity contribution is -0.123. The molecule has 2 rings (SSSR count). The van der Waals surface area contributed by atoms with Gasteiger partial charge in [-0.15, -0.1) is 0 Å². The number of aliphatic hydroxyl groups excluding tert-OH is 1. The Hall–Kier alpha value is -0.610. The van der Waals surface area contributed by atoms with Gasteiger partial charge >= 0.3 is 0 Å². The number of aliphatic hydroxyl groups is 1. The average Bonchev–Trinajstić information content (AvgIpc) is 2.74. The molecule has 16 heavy (non-hydrogen) atoms. The first-order valence-corrected chi connectivity index (χ1v) is 6.44. The van der Waals surface area contributed by atoms with Crippen LogP contribution in [0, 0.1) is 5.92 Å². The van der Waals surface area contributed by atoms with Crippen LogP contribution >= 0.6 is 0 Å². The van der Waals surface area contributed by atoms with E-state index < -0.39 is 0 Å². The Morgan fingerprint density at radius 2 is 2.12 bits per heavy atom. The SMILES string of the molecule is O=C(CC1CCNC1)N[C@H]1CCCC[C@@H]1O.